The van der Waals surface area contributed by atoms with Crippen molar-refractivity contribution in [3.05, 3.63) is 22.7 Å². The third kappa shape index (κ3) is 3.28. The van der Waals surface area contributed by atoms with Gasteiger partial charge < -0.3 is 15.2 Å². The summed E-state index contributed by atoms with van der Waals surface area (Å²) in [7, 11) is 2.10. The summed E-state index contributed by atoms with van der Waals surface area (Å²) in [5.74, 6) is 1.35. The van der Waals surface area contributed by atoms with Crippen LogP contribution >= 0.6 is 11.6 Å². The van der Waals surface area contributed by atoms with Crippen LogP contribution < -0.4 is 15.2 Å². The molecule has 5 heteroatoms. The maximum absolute atomic E-state index is 6.34. The number of hydrogen-bond donors (Lipinski definition) is 1. The van der Waals surface area contributed by atoms with Crippen LogP contribution in [0.3, 0.4) is 0 Å². The summed E-state index contributed by atoms with van der Waals surface area (Å²) < 4.78 is 11.2. The lowest BCUT2D eigenvalue weighted by Crippen LogP contribution is -2.45. The molecule has 1 unspecified atom stereocenters. The summed E-state index contributed by atoms with van der Waals surface area (Å²) in [6, 6.07) is 4.03. The van der Waals surface area contributed by atoms with Gasteiger partial charge in [-0.15, -0.1) is 0 Å². The quantitative estimate of drug-likeness (QED) is 0.907. The van der Waals surface area contributed by atoms with Gasteiger partial charge in [0.25, 0.3) is 0 Å². The van der Waals surface area contributed by atoms with E-state index in [1.807, 2.05) is 12.1 Å². The topological polar surface area (TPSA) is 47.7 Å². The van der Waals surface area contributed by atoms with Crippen LogP contribution in [0.15, 0.2) is 12.1 Å². The highest BCUT2D eigenvalue weighted by atomic mass is 35.5. The molecule has 0 radical (unpaired) electrons. The van der Waals surface area contributed by atoms with Crippen LogP contribution in [0.25, 0.3) is 0 Å². The van der Waals surface area contributed by atoms with E-state index < -0.39 is 0 Å². The number of nitrogens with zero attached hydrogens (tertiary/aromatic N) is 1. The fourth-order valence-corrected chi connectivity index (χ4v) is 2.79. The number of ether oxygens (including phenoxy) is 2. The average Bonchev–Trinajstić information content (AvgIpc) is 2.48. The summed E-state index contributed by atoms with van der Waals surface area (Å²) in [5, 5.41) is 0.586. The van der Waals surface area contributed by atoms with Gasteiger partial charge in [-0.05, 0) is 45.0 Å². The van der Waals surface area contributed by atoms with E-state index in [9.17, 15) is 0 Å². The van der Waals surface area contributed by atoms with Gasteiger partial charge in [0, 0.05) is 18.1 Å². The molecule has 118 valence electrons. The molecule has 2 N–H and O–H groups in total. The Balaban J connectivity index is 2.37. The molecule has 2 rings (SSSR count). The van der Waals surface area contributed by atoms with Crippen LogP contribution in [-0.4, -0.2) is 37.2 Å². The van der Waals surface area contributed by atoms with Crippen molar-refractivity contribution in [2.45, 2.75) is 38.8 Å². The molecule has 21 heavy (non-hydrogen) atoms. The lowest BCUT2D eigenvalue weighted by atomic mass is 9.94. The Morgan fingerprint density at radius 2 is 2.00 bits per heavy atom. The molecule has 1 aromatic carbocycles. The van der Waals surface area contributed by atoms with Crippen molar-refractivity contribution >= 4 is 11.6 Å². The van der Waals surface area contributed by atoms with E-state index in [1.54, 1.807) is 0 Å². The molecule has 0 saturated heterocycles. The fourth-order valence-electron chi connectivity index (χ4n) is 2.51. The van der Waals surface area contributed by atoms with Crippen molar-refractivity contribution < 1.29 is 9.47 Å². The first-order valence-electron chi connectivity index (χ1n) is 7.42. The highest BCUT2D eigenvalue weighted by Crippen LogP contribution is 2.41. The summed E-state index contributed by atoms with van der Waals surface area (Å²) in [4.78, 5) is 2.30. The monoisotopic (exact) mass is 312 g/mol. The van der Waals surface area contributed by atoms with E-state index in [2.05, 4.69) is 32.7 Å². The first-order chi connectivity index (χ1) is 9.90. The van der Waals surface area contributed by atoms with Gasteiger partial charge in [0.1, 0.15) is 13.2 Å². The zero-order chi connectivity index (χ0) is 15.6. The van der Waals surface area contributed by atoms with Crippen LogP contribution in [-0.2, 0) is 0 Å². The molecule has 0 aliphatic carbocycles. The molecule has 1 aliphatic rings. The number of halogens is 1. The standard InChI is InChI=1S/C16H25ClN2O2/c1-5-16(2,3)19(4)13(10-18)11-8-12(17)15-14(9-11)20-6-7-21-15/h8-9,13H,5-7,10,18H2,1-4H3. The number of rotatable bonds is 5. The fraction of sp³-hybridized carbons (Fsp3) is 0.625. The summed E-state index contributed by atoms with van der Waals surface area (Å²) in [6.45, 7) is 8.23. The van der Waals surface area contributed by atoms with Gasteiger partial charge in [-0.2, -0.15) is 0 Å². The highest BCUT2D eigenvalue weighted by molar-refractivity contribution is 6.32. The number of fused-ring (bicyclic) bond motifs is 1. The average molecular weight is 313 g/mol. The minimum Gasteiger partial charge on any atom is -0.486 e. The Morgan fingerprint density at radius 3 is 2.62 bits per heavy atom. The van der Waals surface area contributed by atoms with E-state index in [-0.39, 0.29) is 11.6 Å². The predicted molar refractivity (Wildman–Crippen MR) is 86.4 cm³/mol. The maximum atomic E-state index is 6.34. The van der Waals surface area contributed by atoms with Crippen molar-refractivity contribution in [3.63, 3.8) is 0 Å². The molecule has 1 atom stereocenters. The summed E-state index contributed by atoms with van der Waals surface area (Å²) in [5.41, 5.74) is 7.15. The second kappa shape index (κ2) is 6.42. The van der Waals surface area contributed by atoms with Crippen molar-refractivity contribution in [1.29, 1.82) is 0 Å². The highest BCUT2D eigenvalue weighted by Gasteiger charge is 2.29. The van der Waals surface area contributed by atoms with Crippen LogP contribution in [0.4, 0.5) is 0 Å². The minimum atomic E-state index is 0.0593. The predicted octanol–water partition coefficient (Wildman–Crippen LogP) is 3.23. The lowest BCUT2D eigenvalue weighted by molar-refractivity contribution is 0.0999. The van der Waals surface area contributed by atoms with E-state index in [1.165, 1.54) is 0 Å². The molecule has 0 aromatic heterocycles. The molecule has 0 fully saturated rings. The van der Waals surface area contributed by atoms with E-state index in [4.69, 9.17) is 26.8 Å². The number of hydrogen-bond acceptors (Lipinski definition) is 4. The molecule has 0 saturated carbocycles. The van der Waals surface area contributed by atoms with Crippen molar-refractivity contribution in [2.75, 3.05) is 26.8 Å². The second-order valence-corrected chi connectivity index (χ2v) is 6.46. The molecule has 0 spiro atoms. The Bertz CT molecular complexity index is 505. The molecular formula is C16H25ClN2O2. The molecule has 0 bridgehead atoms. The van der Waals surface area contributed by atoms with E-state index in [0.717, 1.165) is 12.0 Å². The molecule has 1 aromatic rings. The SMILES string of the molecule is CCC(C)(C)N(C)C(CN)c1cc(Cl)c2c(c1)OCCO2. The van der Waals surface area contributed by atoms with Gasteiger partial charge in [-0.3, -0.25) is 4.90 Å². The Labute approximate surface area is 132 Å². The lowest BCUT2D eigenvalue weighted by Gasteiger charge is -2.41. The summed E-state index contributed by atoms with van der Waals surface area (Å²) in [6.07, 6.45) is 1.04. The van der Waals surface area contributed by atoms with Crippen LogP contribution in [0.1, 0.15) is 38.8 Å². The van der Waals surface area contributed by atoms with E-state index >= 15 is 0 Å². The molecular weight excluding hydrogens is 288 g/mol. The molecule has 1 heterocycles. The van der Waals surface area contributed by atoms with Gasteiger partial charge in [-0.25, -0.2) is 0 Å². The minimum absolute atomic E-state index is 0.0593. The number of likely N-dealkylation sites (N-methyl/N-ethyl adjacent to an activating group) is 1. The van der Waals surface area contributed by atoms with Crippen LogP contribution in [0.2, 0.25) is 5.02 Å². The Hall–Kier alpha value is -0.970. The maximum Gasteiger partial charge on any atom is 0.179 e. The van der Waals surface area contributed by atoms with Gasteiger partial charge >= 0.3 is 0 Å². The van der Waals surface area contributed by atoms with Crippen molar-refractivity contribution in [2.24, 2.45) is 5.73 Å². The number of benzene rings is 1. The van der Waals surface area contributed by atoms with Gasteiger partial charge in [0.05, 0.1) is 5.02 Å². The number of nitrogens with two attached hydrogens (primary N) is 1. The third-order valence-electron chi connectivity index (χ3n) is 4.51. The van der Waals surface area contributed by atoms with Gasteiger partial charge in [0.2, 0.25) is 0 Å². The zero-order valence-electron chi connectivity index (χ0n) is 13.3. The third-order valence-corrected chi connectivity index (χ3v) is 4.80. The van der Waals surface area contributed by atoms with Gasteiger partial charge in [-0.1, -0.05) is 18.5 Å². The molecule has 0 amide bonds. The Morgan fingerprint density at radius 1 is 1.33 bits per heavy atom. The second-order valence-electron chi connectivity index (χ2n) is 6.06. The van der Waals surface area contributed by atoms with E-state index in [0.29, 0.717) is 36.3 Å². The zero-order valence-corrected chi connectivity index (χ0v) is 14.0. The Kier molecular flexibility index (Phi) is 5.02. The molecule has 1 aliphatic heterocycles. The molecule has 4 nitrogen and oxygen atoms in total. The van der Waals surface area contributed by atoms with Crippen molar-refractivity contribution in [1.82, 2.24) is 4.90 Å². The van der Waals surface area contributed by atoms with Crippen LogP contribution in [0, 0.1) is 0 Å². The van der Waals surface area contributed by atoms with Crippen LogP contribution in [0.5, 0.6) is 11.5 Å². The normalized spacial score (nSPS) is 16.1. The smallest absolute Gasteiger partial charge is 0.179 e. The first kappa shape index (κ1) is 16.4. The van der Waals surface area contributed by atoms with Gasteiger partial charge in [0.15, 0.2) is 11.5 Å². The summed E-state index contributed by atoms with van der Waals surface area (Å²) >= 11 is 6.34. The van der Waals surface area contributed by atoms with Crippen molar-refractivity contribution in [3.8, 4) is 11.5 Å². The largest absolute Gasteiger partial charge is 0.486 e. The first-order valence-corrected chi connectivity index (χ1v) is 7.80.